The summed E-state index contributed by atoms with van der Waals surface area (Å²) in [5.74, 6) is -0.0579. The number of carbonyl (C=O) groups excluding carboxylic acids is 1. The van der Waals surface area contributed by atoms with Gasteiger partial charge in [-0.05, 0) is 31.0 Å². The number of aliphatic hydroxyl groups excluding tert-OH is 1. The normalized spacial score (nSPS) is 16.9. The van der Waals surface area contributed by atoms with Gasteiger partial charge in [-0.2, -0.15) is 0 Å². The summed E-state index contributed by atoms with van der Waals surface area (Å²) in [4.78, 5) is 13.5. The summed E-state index contributed by atoms with van der Waals surface area (Å²) < 4.78 is 0. The van der Waals surface area contributed by atoms with Crippen LogP contribution in [-0.2, 0) is 0 Å². The molecule has 0 unspecified atom stereocenters. The summed E-state index contributed by atoms with van der Waals surface area (Å²) in [6.45, 7) is 0.0816. The lowest BCUT2D eigenvalue weighted by molar-refractivity contribution is 0.0827. The molecule has 1 amide bonds. The van der Waals surface area contributed by atoms with Crippen LogP contribution in [0.3, 0.4) is 0 Å². The first-order chi connectivity index (χ1) is 9.47. The van der Waals surface area contributed by atoms with Gasteiger partial charge in [0.15, 0.2) is 0 Å². The monoisotopic (exact) mass is 277 g/mol. The molecule has 0 spiro atoms. The van der Waals surface area contributed by atoms with Crippen molar-refractivity contribution in [1.82, 2.24) is 4.90 Å². The fourth-order valence-corrected chi connectivity index (χ4v) is 2.72. The molecule has 1 aromatic rings. The van der Waals surface area contributed by atoms with E-state index in [0.29, 0.717) is 11.3 Å². The number of nitrogens with zero attached hydrogens (tertiary/aromatic N) is 1. The van der Waals surface area contributed by atoms with Gasteiger partial charge >= 0.3 is 0 Å². The van der Waals surface area contributed by atoms with E-state index in [1.54, 1.807) is 32.3 Å². The van der Waals surface area contributed by atoms with Gasteiger partial charge in [0.05, 0.1) is 23.5 Å². The van der Waals surface area contributed by atoms with Gasteiger partial charge in [0.1, 0.15) is 0 Å². The molecule has 110 valence electrons. The highest BCUT2D eigenvalue weighted by atomic mass is 16.3. The summed E-state index contributed by atoms with van der Waals surface area (Å²) in [6.07, 6.45) is 4.05. The van der Waals surface area contributed by atoms with Crippen LogP contribution in [-0.4, -0.2) is 42.2 Å². The topological polar surface area (TPSA) is 78.6 Å². The molecule has 0 radical (unpaired) electrons. The Bertz CT molecular complexity index is 494. The second kappa shape index (κ2) is 5.71. The molecular formula is C15H23N3O2. The van der Waals surface area contributed by atoms with Gasteiger partial charge in [0.2, 0.25) is 0 Å². The van der Waals surface area contributed by atoms with E-state index in [9.17, 15) is 9.90 Å². The van der Waals surface area contributed by atoms with E-state index in [1.807, 2.05) is 0 Å². The minimum absolute atomic E-state index is 0.0579. The highest BCUT2D eigenvalue weighted by Gasteiger charge is 2.33. The van der Waals surface area contributed by atoms with Crippen LogP contribution >= 0.6 is 0 Å². The summed E-state index contributed by atoms with van der Waals surface area (Å²) >= 11 is 0. The van der Waals surface area contributed by atoms with Crippen molar-refractivity contribution in [3.63, 3.8) is 0 Å². The third kappa shape index (κ3) is 2.88. The first-order valence-corrected chi connectivity index (χ1v) is 6.98. The molecule has 5 heteroatoms. The summed E-state index contributed by atoms with van der Waals surface area (Å²) in [5, 5.41) is 13.0. The number of anilines is 2. The molecule has 1 aliphatic rings. The third-order valence-corrected chi connectivity index (χ3v) is 3.97. The van der Waals surface area contributed by atoms with Crippen LogP contribution < -0.4 is 11.1 Å². The quantitative estimate of drug-likeness (QED) is 0.732. The maximum atomic E-state index is 12.0. The molecule has 20 heavy (non-hydrogen) atoms. The lowest BCUT2D eigenvalue weighted by Crippen LogP contribution is -2.39. The molecule has 0 bridgehead atoms. The number of carbonyl (C=O) groups is 1. The molecule has 1 saturated carbocycles. The van der Waals surface area contributed by atoms with Crippen LogP contribution in [0.25, 0.3) is 0 Å². The number of hydrogen-bond acceptors (Lipinski definition) is 4. The molecule has 5 nitrogen and oxygen atoms in total. The van der Waals surface area contributed by atoms with E-state index in [0.717, 1.165) is 31.4 Å². The highest BCUT2D eigenvalue weighted by Crippen LogP contribution is 2.34. The van der Waals surface area contributed by atoms with Crippen LogP contribution in [0.4, 0.5) is 11.4 Å². The number of amides is 1. The minimum atomic E-state index is -0.298. The third-order valence-electron chi connectivity index (χ3n) is 3.97. The lowest BCUT2D eigenvalue weighted by atomic mass is 9.97. The van der Waals surface area contributed by atoms with E-state index in [2.05, 4.69) is 5.32 Å². The Morgan fingerprint density at radius 1 is 1.40 bits per heavy atom. The summed E-state index contributed by atoms with van der Waals surface area (Å²) in [6, 6.07) is 5.23. The van der Waals surface area contributed by atoms with E-state index < -0.39 is 0 Å². The number of nitrogens with two attached hydrogens (primary N) is 1. The number of nitrogen functional groups attached to an aromatic ring is 1. The number of benzene rings is 1. The van der Waals surface area contributed by atoms with Crippen molar-refractivity contribution in [2.75, 3.05) is 31.8 Å². The highest BCUT2D eigenvalue weighted by molar-refractivity contribution is 5.96. The molecule has 0 saturated heterocycles. The van der Waals surface area contributed by atoms with Crippen molar-refractivity contribution >= 4 is 17.3 Å². The largest absolute Gasteiger partial charge is 0.397 e. The minimum Gasteiger partial charge on any atom is -0.397 e. The van der Waals surface area contributed by atoms with Crippen LogP contribution in [0.15, 0.2) is 18.2 Å². The van der Waals surface area contributed by atoms with Gasteiger partial charge in [-0.15, -0.1) is 0 Å². The zero-order valence-electron chi connectivity index (χ0n) is 12.1. The number of hydrogen-bond donors (Lipinski definition) is 3. The number of nitrogens with one attached hydrogen (secondary N) is 1. The fourth-order valence-electron chi connectivity index (χ4n) is 2.72. The van der Waals surface area contributed by atoms with E-state index in [-0.39, 0.29) is 18.1 Å². The van der Waals surface area contributed by atoms with Crippen LogP contribution in [0.5, 0.6) is 0 Å². The van der Waals surface area contributed by atoms with Crippen molar-refractivity contribution in [1.29, 1.82) is 0 Å². The summed E-state index contributed by atoms with van der Waals surface area (Å²) in [7, 11) is 3.44. The van der Waals surface area contributed by atoms with Crippen molar-refractivity contribution in [2.45, 2.75) is 31.2 Å². The molecule has 0 aromatic heterocycles. The Balaban J connectivity index is 2.27. The maximum absolute atomic E-state index is 12.0. The van der Waals surface area contributed by atoms with Crippen LogP contribution in [0.1, 0.15) is 36.0 Å². The van der Waals surface area contributed by atoms with Gasteiger partial charge in [-0.1, -0.05) is 12.8 Å². The SMILES string of the molecule is CN(C)C(=O)c1ccc(N)c(NC2(CO)CCCC2)c1. The Kier molecular flexibility index (Phi) is 4.18. The van der Waals surface area contributed by atoms with Crippen LogP contribution in [0, 0.1) is 0 Å². The second-order valence-electron chi connectivity index (χ2n) is 5.77. The summed E-state index contributed by atoms with van der Waals surface area (Å²) in [5.41, 5.74) is 7.61. The molecule has 0 atom stereocenters. The first kappa shape index (κ1) is 14.7. The Morgan fingerprint density at radius 2 is 2.05 bits per heavy atom. The predicted octanol–water partition coefficient (Wildman–Crippen LogP) is 1.69. The number of rotatable bonds is 4. The molecule has 0 heterocycles. The Hall–Kier alpha value is -1.75. The fraction of sp³-hybridized carbons (Fsp3) is 0.533. The molecular weight excluding hydrogens is 254 g/mol. The zero-order chi connectivity index (χ0) is 14.8. The molecule has 1 aliphatic carbocycles. The Labute approximate surface area is 119 Å². The van der Waals surface area contributed by atoms with E-state index in [4.69, 9.17) is 5.73 Å². The first-order valence-electron chi connectivity index (χ1n) is 6.98. The van der Waals surface area contributed by atoms with Crippen LogP contribution in [0.2, 0.25) is 0 Å². The lowest BCUT2D eigenvalue weighted by Gasteiger charge is -2.30. The van der Waals surface area contributed by atoms with Crippen molar-refractivity contribution in [3.8, 4) is 0 Å². The smallest absolute Gasteiger partial charge is 0.253 e. The van der Waals surface area contributed by atoms with Crippen molar-refractivity contribution in [3.05, 3.63) is 23.8 Å². The average Bonchev–Trinajstić information content (AvgIpc) is 2.89. The van der Waals surface area contributed by atoms with Gasteiger partial charge in [-0.3, -0.25) is 4.79 Å². The van der Waals surface area contributed by atoms with Gasteiger partial charge in [0.25, 0.3) is 5.91 Å². The molecule has 2 rings (SSSR count). The standard InChI is InChI=1S/C15H23N3O2/c1-18(2)14(20)11-5-6-12(16)13(9-11)17-15(10-19)7-3-4-8-15/h5-6,9,17,19H,3-4,7-8,10,16H2,1-2H3. The molecule has 1 aromatic carbocycles. The van der Waals surface area contributed by atoms with E-state index >= 15 is 0 Å². The predicted molar refractivity (Wildman–Crippen MR) is 80.8 cm³/mol. The van der Waals surface area contributed by atoms with Gasteiger partial charge in [0, 0.05) is 19.7 Å². The van der Waals surface area contributed by atoms with Gasteiger partial charge < -0.3 is 21.1 Å². The number of aliphatic hydroxyl groups is 1. The van der Waals surface area contributed by atoms with Crippen molar-refractivity contribution in [2.24, 2.45) is 0 Å². The molecule has 0 aliphatic heterocycles. The molecule has 1 fully saturated rings. The Morgan fingerprint density at radius 3 is 2.60 bits per heavy atom. The average molecular weight is 277 g/mol. The molecule has 4 N–H and O–H groups in total. The maximum Gasteiger partial charge on any atom is 0.253 e. The van der Waals surface area contributed by atoms with Gasteiger partial charge in [-0.25, -0.2) is 0 Å². The second-order valence-corrected chi connectivity index (χ2v) is 5.77. The van der Waals surface area contributed by atoms with Crippen molar-refractivity contribution < 1.29 is 9.90 Å². The van der Waals surface area contributed by atoms with E-state index in [1.165, 1.54) is 4.90 Å². The zero-order valence-corrected chi connectivity index (χ0v) is 12.1.